The number of carbonyl (C=O) groups excluding carboxylic acids is 1. The number of fused-ring (bicyclic) bond motifs is 7. The number of carboxylic acid groups (broad SMARTS) is 1. The number of allylic oxidation sites excluding steroid dienone is 2. The van der Waals surface area contributed by atoms with Gasteiger partial charge in [0, 0.05) is 0 Å². The molecular weight excluding hydrogens is 868 g/mol. The van der Waals surface area contributed by atoms with Crippen molar-refractivity contribution in [1.29, 1.82) is 0 Å². The number of carbonyl (C=O) groups is 2. The summed E-state index contributed by atoms with van der Waals surface area (Å²) in [4.78, 5) is 28.7. The quantitative estimate of drug-likeness (QED) is 0.0856. The van der Waals surface area contributed by atoms with E-state index in [1.165, 1.54) is 6.92 Å². The third kappa shape index (κ3) is 7.56. The fraction of sp³-hybridized carbons (Fsp3) is 0.915. The molecule has 0 aromatic carbocycles. The Morgan fingerprint density at radius 3 is 2.00 bits per heavy atom. The van der Waals surface area contributed by atoms with Crippen LogP contribution in [0.3, 0.4) is 0 Å². The van der Waals surface area contributed by atoms with Crippen molar-refractivity contribution in [1.82, 2.24) is 0 Å². The third-order valence-corrected chi connectivity index (χ3v) is 19.0. The Balaban J connectivity index is 1.08. The number of hydrogen-bond acceptors (Lipinski definition) is 18. The summed E-state index contributed by atoms with van der Waals surface area (Å²) in [5.41, 5.74) is -3.43. The van der Waals surface area contributed by atoms with Gasteiger partial charge in [0.25, 0.3) is 0 Å². The number of aliphatic hydroxyl groups excluding tert-OH is 10. The predicted molar refractivity (Wildman–Crippen MR) is 226 cm³/mol. The SMILES string of the molecule is CC1OC(OC2C(OC(=O)C34CCC(C)(C)CC3C3=CCC5C6(C)CC(O)C(OC7OC(CO)C(O)C(O)C7O)C(C)(C(=O)O)C6CCC5(C)C3(C)CC4)OCC(O)C2O)C(O)C(O)C1O. The topological polar surface area (TPSA) is 312 Å². The monoisotopic (exact) mass is 942 g/mol. The molecule has 0 spiro atoms. The highest BCUT2D eigenvalue weighted by atomic mass is 16.8. The Morgan fingerprint density at radius 2 is 1.35 bits per heavy atom. The van der Waals surface area contributed by atoms with Crippen molar-refractivity contribution in [2.75, 3.05) is 13.2 Å². The fourth-order valence-corrected chi connectivity index (χ4v) is 14.7. The molecule has 8 rings (SSSR count). The van der Waals surface area contributed by atoms with Crippen LogP contribution >= 0.6 is 0 Å². The molecule has 3 saturated heterocycles. The van der Waals surface area contributed by atoms with E-state index in [0.717, 1.165) is 5.57 Å². The van der Waals surface area contributed by atoms with Gasteiger partial charge in [0.2, 0.25) is 6.29 Å². The second-order valence-electron chi connectivity index (χ2n) is 22.9. The summed E-state index contributed by atoms with van der Waals surface area (Å²) in [6.45, 7) is 12.9. The van der Waals surface area contributed by atoms with Crippen molar-refractivity contribution in [2.45, 2.75) is 204 Å². The molecule has 0 aromatic rings. The van der Waals surface area contributed by atoms with Crippen LogP contribution in [0.5, 0.6) is 0 Å². The van der Waals surface area contributed by atoms with Gasteiger partial charge in [0.15, 0.2) is 18.7 Å². The van der Waals surface area contributed by atoms with Gasteiger partial charge in [-0.15, -0.1) is 0 Å². The van der Waals surface area contributed by atoms with Gasteiger partial charge in [0.1, 0.15) is 61.0 Å². The minimum absolute atomic E-state index is 0.128. The maximum Gasteiger partial charge on any atom is 0.315 e. The average Bonchev–Trinajstić information content (AvgIpc) is 3.25. The minimum Gasteiger partial charge on any atom is -0.481 e. The number of esters is 1. The summed E-state index contributed by atoms with van der Waals surface area (Å²) >= 11 is 0. The highest BCUT2D eigenvalue weighted by molar-refractivity contribution is 5.79. The van der Waals surface area contributed by atoms with Crippen molar-refractivity contribution >= 4 is 11.9 Å². The molecule has 376 valence electrons. The molecule has 0 amide bonds. The molecule has 66 heavy (non-hydrogen) atoms. The lowest BCUT2D eigenvalue weighted by molar-refractivity contribution is -0.350. The number of carboxylic acids is 1. The summed E-state index contributed by atoms with van der Waals surface area (Å²) in [6, 6.07) is 0. The predicted octanol–water partition coefficient (Wildman–Crippen LogP) is -0.157. The number of aliphatic hydroxyl groups is 10. The molecule has 11 N–H and O–H groups in total. The minimum atomic E-state index is -1.79. The molecule has 19 nitrogen and oxygen atoms in total. The van der Waals surface area contributed by atoms with Crippen LogP contribution in [-0.4, -0.2) is 180 Å². The summed E-state index contributed by atoms with van der Waals surface area (Å²) in [7, 11) is 0. The number of ether oxygens (including phenoxy) is 6. The Hall–Kier alpha value is -1.92. The first-order valence-corrected chi connectivity index (χ1v) is 23.8. The van der Waals surface area contributed by atoms with Gasteiger partial charge >= 0.3 is 11.9 Å². The first-order valence-electron chi connectivity index (χ1n) is 23.8. The van der Waals surface area contributed by atoms with E-state index in [0.29, 0.717) is 51.4 Å². The summed E-state index contributed by atoms with van der Waals surface area (Å²) in [6.07, 6.45) is -17.5. The lowest BCUT2D eigenvalue weighted by atomic mass is 9.33. The maximum absolute atomic E-state index is 15.0. The summed E-state index contributed by atoms with van der Waals surface area (Å²) < 4.78 is 35.4. The van der Waals surface area contributed by atoms with Crippen LogP contribution in [0, 0.1) is 50.2 Å². The van der Waals surface area contributed by atoms with Crippen LogP contribution in [-0.2, 0) is 38.0 Å². The molecule has 24 unspecified atom stereocenters. The highest BCUT2D eigenvalue weighted by Gasteiger charge is 2.73. The van der Waals surface area contributed by atoms with E-state index in [1.807, 2.05) is 0 Å². The van der Waals surface area contributed by atoms with E-state index in [2.05, 4.69) is 40.7 Å². The Kier molecular flexibility index (Phi) is 13.3. The van der Waals surface area contributed by atoms with E-state index >= 15 is 4.79 Å². The van der Waals surface area contributed by atoms with Gasteiger partial charge in [-0.05, 0) is 111 Å². The Bertz CT molecular complexity index is 1860. The Labute approximate surface area is 385 Å². The molecule has 7 fully saturated rings. The van der Waals surface area contributed by atoms with Gasteiger partial charge in [-0.25, -0.2) is 0 Å². The van der Waals surface area contributed by atoms with Crippen molar-refractivity contribution in [3.63, 3.8) is 0 Å². The summed E-state index contributed by atoms with van der Waals surface area (Å²) in [5.74, 6) is -2.70. The van der Waals surface area contributed by atoms with Crippen LogP contribution in [0.1, 0.15) is 106 Å². The zero-order valence-corrected chi connectivity index (χ0v) is 39.0. The van der Waals surface area contributed by atoms with Crippen molar-refractivity contribution in [3.05, 3.63) is 11.6 Å². The zero-order valence-electron chi connectivity index (χ0n) is 39.0. The van der Waals surface area contributed by atoms with Crippen molar-refractivity contribution in [2.24, 2.45) is 50.2 Å². The van der Waals surface area contributed by atoms with Crippen molar-refractivity contribution < 1.29 is 94.2 Å². The molecule has 0 bridgehead atoms. The molecule has 8 aliphatic rings. The second kappa shape index (κ2) is 17.4. The van der Waals surface area contributed by atoms with E-state index in [4.69, 9.17) is 28.4 Å². The largest absolute Gasteiger partial charge is 0.481 e. The smallest absolute Gasteiger partial charge is 0.315 e. The molecular formula is C47H74O19. The van der Waals surface area contributed by atoms with Gasteiger partial charge in [-0.2, -0.15) is 0 Å². The fourth-order valence-electron chi connectivity index (χ4n) is 14.7. The Morgan fingerprint density at radius 1 is 0.712 bits per heavy atom. The third-order valence-electron chi connectivity index (χ3n) is 19.0. The van der Waals surface area contributed by atoms with Gasteiger partial charge in [0.05, 0.1) is 36.3 Å². The lowest BCUT2D eigenvalue weighted by Crippen LogP contribution is -2.70. The first-order chi connectivity index (χ1) is 30.7. The zero-order chi connectivity index (χ0) is 48.4. The van der Waals surface area contributed by atoms with E-state index in [9.17, 15) is 61.0 Å². The molecule has 5 aliphatic carbocycles. The van der Waals surface area contributed by atoms with E-state index in [1.54, 1.807) is 6.92 Å². The van der Waals surface area contributed by atoms with Gasteiger partial charge in [-0.1, -0.05) is 46.3 Å². The van der Waals surface area contributed by atoms with Crippen LogP contribution in [0.15, 0.2) is 11.6 Å². The van der Waals surface area contributed by atoms with Crippen LogP contribution in [0.2, 0.25) is 0 Å². The molecule has 3 heterocycles. The highest BCUT2D eigenvalue weighted by Crippen LogP contribution is 2.76. The van der Waals surface area contributed by atoms with Gasteiger partial charge in [-0.3, -0.25) is 9.59 Å². The average molecular weight is 943 g/mol. The number of aliphatic carboxylic acids is 1. The standard InChI is InChI=1S/C47H74O19/c1-20-28(51)31(54)33(56)37(62-20)64-35-29(52)24(50)19-61-39(35)66-41(60)47-14-12-42(2,3)16-22(47)21-8-9-26-43(4)17-23(49)36(65-38-34(57)32(55)30(53)25(18-48)63-38)46(7,40(58)59)27(43)10-11-45(26,6)44(21,5)13-15-47/h8,20,22-39,48-57H,9-19H2,1-7H3,(H,58,59). The lowest BCUT2D eigenvalue weighted by Gasteiger charge is -2.71. The van der Waals surface area contributed by atoms with E-state index in [-0.39, 0.29) is 30.3 Å². The molecule has 4 saturated carbocycles. The molecule has 0 radical (unpaired) electrons. The normalized spacial score (nSPS) is 54.7. The number of rotatable bonds is 8. The van der Waals surface area contributed by atoms with Crippen LogP contribution in [0.4, 0.5) is 0 Å². The molecule has 3 aliphatic heterocycles. The van der Waals surface area contributed by atoms with E-state index < -0.39 is 150 Å². The molecule has 19 heteroatoms. The number of hydrogen-bond donors (Lipinski definition) is 11. The van der Waals surface area contributed by atoms with Crippen LogP contribution < -0.4 is 0 Å². The van der Waals surface area contributed by atoms with Crippen molar-refractivity contribution in [3.8, 4) is 0 Å². The first kappa shape index (κ1) is 50.5. The van der Waals surface area contributed by atoms with Gasteiger partial charge < -0.3 is 84.6 Å². The van der Waals surface area contributed by atoms with Crippen LogP contribution in [0.25, 0.3) is 0 Å². The maximum atomic E-state index is 15.0. The summed E-state index contributed by atoms with van der Waals surface area (Å²) in [5, 5.41) is 118. The molecule has 24 atom stereocenters. The molecule has 0 aromatic heterocycles. The second-order valence-corrected chi connectivity index (χ2v) is 22.9.